The molecule has 5 heteroatoms. The Balaban J connectivity index is 2.41. The maximum absolute atomic E-state index is 10.3. The monoisotopic (exact) mass is 212 g/mol. The normalized spacial score (nSPS) is 11.7. The number of nitro groups is 1. The summed E-state index contributed by atoms with van der Waals surface area (Å²) in [5, 5.41) is 13.5. The number of nitrogens with one attached hydrogen (secondary N) is 1. The highest BCUT2D eigenvalue weighted by Gasteiger charge is 2.13. The Kier molecular flexibility index (Phi) is 3.47. The average molecular weight is 212 g/mol. The van der Waals surface area contributed by atoms with Crippen LogP contribution in [0.25, 0.3) is 0 Å². The SMILES string of the molecule is CC(C)(C)CNCc1ccc([N+](=O)[O-])o1. The lowest BCUT2D eigenvalue weighted by Crippen LogP contribution is -2.26. The van der Waals surface area contributed by atoms with E-state index in [9.17, 15) is 10.1 Å². The zero-order valence-corrected chi connectivity index (χ0v) is 9.24. The van der Waals surface area contributed by atoms with Gasteiger partial charge in [0.25, 0.3) is 0 Å². The number of hydrogen-bond acceptors (Lipinski definition) is 4. The summed E-state index contributed by atoms with van der Waals surface area (Å²) in [7, 11) is 0. The van der Waals surface area contributed by atoms with Crippen molar-refractivity contribution in [1.82, 2.24) is 5.32 Å². The summed E-state index contributed by atoms with van der Waals surface area (Å²) in [6, 6.07) is 2.99. The molecule has 0 unspecified atom stereocenters. The van der Waals surface area contributed by atoms with E-state index in [-0.39, 0.29) is 11.3 Å². The summed E-state index contributed by atoms with van der Waals surface area (Å²) in [6.07, 6.45) is 0. The summed E-state index contributed by atoms with van der Waals surface area (Å²) in [4.78, 5) is 9.80. The van der Waals surface area contributed by atoms with Gasteiger partial charge < -0.3 is 9.73 Å². The third-order valence-corrected chi connectivity index (χ3v) is 1.78. The molecule has 0 aromatic carbocycles. The summed E-state index contributed by atoms with van der Waals surface area (Å²) in [6.45, 7) is 7.70. The zero-order chi connectivity index (χ0) is 11.5. The second-order valence-electron chi connectivity index (χ2n) is 4.66. The predicted octanol–water partition coefficient (Wildman–Crippen LogP) is 2.32. The maximum Gasteiger partial charge on any atom is 0.433 e. The largest absolute Gasteiger partial charge is 0.433 e. The van der Waals surface area contributed by atoms with Gasteiger partial charge in [-0.1, -0.05) is 20.8 Å². The van der Waals surface area contributed by atoms with E-state index < -0.39 is 4.92 Å². The average Bonchev–Trinajstić information content (AvgIpc) is 2.50. The molecule has 0 fully saturated rings. The lowest BCUT2D eigenvalue weighted by molar-refractivity contribution is -0.402. The highest BCUT2D eigenvalue weighted by atomic mass is 16.6. The van der Waals surface area contributed by atoms with E-state index in [0.717, 1.165) is 6.54 Å². The first-order valence-corrected chi connectivity index (χ1v) is 4.82. The molecule has 1 aromatic heterocycles. The smallest absolute Gasteiger partial charge is 0.404 e. The molecule has 0 aliphatic rings. The quantitative estimate of drug-likeness (QED) is 0.614. The van der Waals surface area contributed by atoms with E-state index in [1.165, 1.54) is 6.07 Å². The first kappa shape index (κ1) is 11.7. The molecule has 0 bridgehead atoms. The van der Waals surface area contributed by atoms with Gasteiger partial charge in [0.1, 0.15) is 10.7 Å². The summed E-state index contributed by atoms with van der Waals surface area (Å²) >= 11 is 0. The van der Waals surface area contributed by atoms with E-state index in [1.54, 1.807) is 6.07 Å². The fraction of sp³-hybridized carbons (Fsp3) is 0.600. The van der Waals surface area contributed by atoms with Crippen molar-refractivity contribution >= 4 is 5.88 Å². The zero-order valence-electron chi connectivity index (χ0n) is 9.24. The molecular weight excluding hydrogens is 196 g/mol. The Morgan fingerprint density at radius 3 is 2.60 bits per heavy atom. The van der Waals surface area contributed by atoms with Gasteiger partial charge in [0, 0.05) is 6.54 Å². The van der Waals surface area contributed by atoms with Crippen LogP contribution in [0.2, 0.25) is 0 Å². The Hall–Kier alpha value is -1.36. The Morgan fingerprint density at radius 1 is 1.47 bits per heavy atom. The van der Waals surface area contributed by atoms with Crippen molar-refractivity contribution in [2.75, 3.05) is 6.54 Å². The van der Waals surface area contributed by atoms with Crippen LogP contribution in [0, 0.1) is 15.5 Å². The van der Waals surface area contributed by atoms with Crippen molar-refractivity contribution in [2.45, 2.75) is 27.3 Å². The van der Waals surface area contributed by atoms with Crippen LogP contribution < -0.4 is 5.32 Å². The van der Waals surface area contributed by atoms with Crippen LogP contribution in [0.15, 0.2) is 16.5 Å². The topological polar surface area (TPSA) is 68.3 Å². The molecular formula is C10H16N2O3. The first-order chi connectivity index (χ1) is 6.88. The molecule has 1 rings (SSSR count). The van der Waals surface area contributed by atoms with Crippen molar-refractivity contribution in [3.63, 3.8) is 0 Å². The number of furan rings is 1. The maximum atomic E-state index is 10.3. The van der Waals surface area contributed by atoms with Crippen LogP contribution in [-0.2, 0) is 6.54 Å². The van der Waals surface area contributed by atoms with Crippen LogP contribution in [0.1, 0.15) is 26.5 Å². The number of nitrogens with zero attached hydrogens (tertiary/aromatic N) is 1. The van der Waals surface area contributed by atoms with Crippen molar-refractivity contribution < 1.29 is 9.34 Å². The van der Waals surface area contributed by atoms with Gasteiger partial charge in [-0.15, -0.1) is 0 Å². The minimum absolute atomic E-state index is 0.193. The highest BCUT2D eigenvalue weighted by molar-refractivity contribution is 5.17. The molecule has 0 amide bonds. The van der Waals surface area contributed by atoms with Gasteiger partial charge in [0.2, 0.25) is 0 Å². The molecule has 0 saturated heterocycles. The first-order valence-electron chi connectivity index (χ1n) is 4.82. The number of rotatable bonds is 4. The van der Waals surface area contributed by atoms with Gasteiger partial charge in [0.05, 0.1) is 12.6 Å². The van der Waals surface area contributed by atoms with Gasteiger partial charge in [-0.3, -0.25) is 10.1 Å². The van der Waals surface area contributed by atoms with Crippen LogP contribution in [0.5, 0.6) is 0 Å². The van der Waals surface area contributed by atoms with Gasteiger partial charge in [-0.05, 0) is 11.5 Å². The van der Waals surface area contributed by atoms with Crippen LogP contribution in [0.3, 0.4) is 0 Å². The molecule has 1 heterocycles. The molecule has 5 nitrogen and oxygen atoms in total. The minimum atomic E-state index is -0.534. The van der Waals surface area contributed by atoms with Crippen LogP contribution in [0.4, 0.5) is 5.88 Å². The summed E-state index contributed by atoms with van der Waals surface area (Å²) in [5.41, 5.74) is 0.193. The third-order valence-electron chi connectivity index (χ3n) is 1.78. The molecule has 0 saturated carbocycles. The van der Waals surface area contributed by atoms with E-state index in [2.05, 4.69) is 26.1 Å². The van der Waals surface area contributed by atoms with Gasteiger partial charge in [-0.2, -0.15) is 0 Å². The lowest BCUT2D eigenvalue weighted by atomic mass is 9.97. The standard InChI is InChI=1S/C10H16N2O3/c1-10(2,3)7-11-6-8-4-5-9(15-8)12(13)14/h4-5,11H,6-7H2,1-3H3. The molecule has 84 valence electrons. The molecule has 1 aromatic rings. The Bertz CT molecular complexity index is 339. The molecule has 0 aliphatic carbocycles. The van der Waals surface area contributed by atoms with E-state index in [1.807, 2.05) is 0 Å². The molecule has 1 N–H and O–H groups in total. The van der Waals surface area contributed by atoms with Crippen molar-refractivity contribution in [3.8, 4) is 0 Å². The van der Waals surface area contributed by atoms with Crippen molar-refractivity contribution in [1.29, 1.82) is 0 Å². The minimum Gasteiger partial charge on any atom is -0.404 e. The Labute approximate surface area is 88.6 Å². The van der Waals surface area contributed by atoms with Gasteiger partial charge in [0.15, 0.2) is 0 Å². The number of hydrogen-bond donors (Lipinski definition) is 1. The Morgan fingerprint density at radius 2 is 2.13 bits per heavy atom. The lowest BCUT2D eigenvalue weighted by Gasteiger charge is -2.17. The fourth-order valence-corrected chi connectivity index (χ4v) is 1.12. The van der Waals surface area contributed by atoms with Crippen LogP contribution in [-0.4, -0.2) is 11.5 Å². The third kappa shape index (κ3) is 4.12. The molecule has 0 radical (unpaired) electrons. The predicted molar refractivity (Wildman–Crippen MR) is 56.5 cm³/mol. The highest BCUT2D eigenvalue weighted by Crippen LogP contribution is 2.16. The second kappa shape index (κ2) is 4.44. The molecule has 0 atom stereocenters. The summed E-state index contributed by atoms with van der Waals surface area (Å²) in [5.74, 6) is 0.383. The summed E-state index contributed by atoms with van der Waals surface area (Å²) < 4.78 is 5.00. The second-order valence-corrected chi connectivity index (χ2v) is 4.66. The van der Waals surface area contributed by atoms with E-state index in [0.29, 0.717) is 12.3 Å². The van der Waals surface area contributed by atoms with E-state index >= 15 is 0 Å². The fourth-order valence-electron chi connectivity index (χ4n) is 1.12. The van der Waals surface area contributed by atoms with Crippen molar-refractivity contribution in [3.05, 3.63) is 28.0 Å². The molecule has 15 heavy (non-hydrogen) atoms. The van der Waals surface area contributed by atoms with Crippen molar-refractivity contribution in [2.24, 2.45) is 5.41 Å². The van der Waals surface area contributed by atoms with Gasteiger partial charge in [-0.25, -0.2) is 0 Å². The molecule has 0 spiro atoms. The van der Waals surface area contributed by atoms with Gasteiger partial charge >= 0.3 is 5.88 Å². The van der Waals surface area contributed by atoms with E-state index in [4.69, 9.17) is 4.42 Å². The van der Waals surface area contributed by atoms with Crippen LogP contribution >= 0.6 is 0 Å². The molecule has 0 aliphatic heterocycles.